The molecule has 0 fully saturated rings. The molecule has 0 unspecified atom stereocenters. The second kappa shape index (κ2) is 9.13. The molecule has 0 heterocycles. The van der Waals surface area contributed by atoms with Crippen LogP contribution in [0.2, 0.25) is 0 Å². The summed E-state index contributed by atoms with van der Waals surface area (Å²) in [5, 5.41) is 2.39. The van der Waals surface area contributed by atoms with Gasteiger partial charge in [-0.15, -0.1) is 0 Å². The standard InChI is InChI=1S/C22H20F2N2O4S/c1-15-7-10-17(11-8-15)31(28,29)26(20-5-3-4-6-21(20)30-2)14-22(27)25-16-9-12-18(23)19(24)13-16/h3-13H,14H2,1-2H3,(H,25,27). The molecule has 9 heteroatoms. The third-order valence-electron chi connectivity index (χ3n) is 4.45. The van der Waals surface area contributed by atoms with E-state index in [-0.39, 0.29) is 22.0 Å². The Morgan fingerprint density at radius 3 is 2.32 bits per heavy atom. The van der Waals surface area contributed by atoms with E-state index in [1.807, 2.05) is 6.92 Å². The average Bonchev–Trinajstić information content (AvgIpc) is 2.75. The van der Waals surface area contributed by atoms with Gasteiger partial charge in [-0.05, 0) is 43.3 Å². The zero-order valence-electron chi connectivity index (χ0n) is 16.8. The summed E-state index contributed by atoms with van der Waals surface area (Å²) in [6, 6.07) is 15.4. The molecule has 6 nitrogen and oxygen atoms in total. The Kier molecular flexibility index (Phi) is 6.55. The van der Waals surface area contributed by atoms with Gasteiger partial charge in [-0.1, -0.05) is 29.8 Å². The summed E-state index contributed by atoms with van der Waals surface area (Å²) in [6.07, 6.45) is 0. The summed E-state index contributed by atoms with van der Waals surface area (Å²) in [6.45, 7) is 1.21. The van der Waals surface area contributed by atoms with Gasteiger partial charge in [0.1, 0.15) is 12.3 Å². The van der Waals surface area contributed by atoms with Gasteiger partial charge in [-0.2, -0.15) is 0 Å². The molecule has 0 aliphatic carbocycles. The number of ether oxygens (including phenoxy) is 1. The molecule has 0 aliphatic rings. The normalized spacial score (nSPS) is 11.1. The SMILES string of the molecule is COc1ccccc1N(CC(=O)Nc1ccc(F)c(F)c1)S(=O)(=O)c1ccc(C)cc1. The molecule has 0 bridgehead atoms. The van der Waals surface area contributed by atoms with Crippen molar-refractivity contribution in [3.63, 3.8) is 0 Å². The maximum Gasteiger partial charge on any atom is 0.264 e. The number of nitrogens with zero attached hydrogens (tertiary/aromatic N) is 1. The van der Waals surface area contributed by atoms with Gasteiger partial charge in [-0.25, -0.2) is 17.2 Å². The quantitative estimate of drug-likeness (QED) is 0.593. The number of carbonyl (C=O) groups excluding carboxylic acids is 1. The molecule has 0 aliphatic heterocycles. The van der Waals surface area contributed by atoms with Crippen LogP contribution in [0.1, 0.15) is 5.56 Å². The third kappa shape index (κ3) is 5.00. The molecule has 3 rings (SSSR count). The van der Waals surface area contributed by atoms with Crippen LogP contribution in [0.4, 0.5) is 20.2 Å². The first-order valence-electron chi connectivity index (χ1n) is 9.19. The molecule has 0 aromatic heterocycles. The summed E-state index contributed by atoms with van der Waals surface area (Å²) in [5.74, 6) is -2.69. The Morgan fingerprint density at radius 2 is 1.68 bits per heavy atom. The number of aryl methyl sites for hydroxylation is 1. The number of methoxy groups -OCH3 is 1. The summed E-state index contributed by atoms with van der Waals surface area (Å²) >= 11 is 0. The highest BCUT2D eigenvalue weighted by Gasteiger charge is 2.29. The number of benzene rings is 3. The highest BCUT2D eigenvalue weighted by atomic mass is 32.2. The van der Waals surface area contributed by atoms with Gasteiger partial charge >= 0.3 is 0 Å². The Hall–Kier alpha value is -3.46. The van der Waals surface area contributed by atoms with E-state index in [0.29, 0.717) is 0 Å². The van der Waals surface area contributed by atoms with Crippen molar-refractivity contribution >= 4 is 27.3 Å². The lowest BCUT2D eigenvalue weighted by molar-refractivity contribution is -0.114. The first-order chi connectivity index (χ1) is 14.7. The smallest absolute Gasteiger partial charge is 0.264 e. The summed E-state index contributed by atoms with van der Waals surface area (Å²) < 4.78 is 59.5. The fraction of sp³-hybridized carbons (Fsp3) is 0.136. The van der Waals surface area contributed by atoms with Crippen LogP contribution < -0.4 is 14.4 Å². The molecular weight excluding hydrogens is 426 g/mol. The van der Waals surface area contributed by atoms with Crippen LogP contribution in [0.25, 0.3) is 0 Å². The maximum absolute atomic E-state index is 13.4. The number of hydrogen-bond acceptors (Lipinski definition) is 4. The van der Waals surface area contributed by atoms with E-state index in [2.05, 4.69) is 5.32 Å². The predicted molar refractivity (Wildman–Crippen MR) is 114 cm³/mol. The number of para-hydroxylation sites is 2. The molecule has 0 saturated carbocycles. The van der Waals surface area contributed by atoms with Crippen LogP contribution >= 0.6 is 0 Å². The van der Waals surface area contributed by atoms with Crippen molar-refractivity contribution in [2.45, 2.75) is 11.8 Å². The average molecular weight is 446 g/mol. The number of anilines is 2. The van der Waals surface area contributed by atoms with Crippen molar-refractivity contribution in [1.82, 2.24) is 0 Å². The topological polar surface area (TPSA) is 75.7 Å². The lowest BCUT2D eigenvalue weighted by Crippen LogP contribution is -2.38. The monoisotopic (exact) mass is 446 g/mol. The molecule has 3 aromatic rings. The van der Waals surface area contributed by atoms with E-state index in [1.54, 1.807) is 30.3 Å². The summed E-state index contributed by atoms with van der Waals surface area (Å²) in [5.41, 5.74) is 1.03. The molecular formula is C22H20F2N2O4S. The molecule has 1 amide bonds. The zero-order chi connectivity index (χ0) is 22.6. The molecule has 31 heavy (non-hydrogen) atoms. The fourth-order valence-corrected chi connectivity index (χ4v) is 4.31. The van der Waals surface area contributed by atoms with Gasteiger partial charge in [0.15, 0.2) is 11.6 Å². The highest BCUT2D eigenvalue weighted by Crippen LogP contribution is 2.32. The molecule has 162 valence electrons. The lowest BCUT2D eigenvalue weighted by Gasteiger charge is -2.25. The van der Waals surface area contributed by atoms with Crippen molar-refractivity contribution in [2.75, 3.05) is 23.3 Å². The van der Waals surface area contributed by atoms with Gasteiger partial charge < -0.3 is 10.1 Å². The van der Waals surface area contributed by atoms with Crippen molar-refractivity contribution in [2.24, 2.45) is 0 Å². The number of halogens is 2. The number of nitrogens with one attached hydrogen (secondary N) is 1. The van der Waals surface area contributed by atoms with Gasteiger partial charge in [0.05, 0.1) is 17.7 Å². The summed E-state index contributed by atoms with van der Waals surface area (Å²) in [4.78, 5) is 12.6. The van der Waals surface area contributed by atoms with Crippen LogP contribution in [0.5, 0.6) is 5.75 Å². The van der Waals surface area contributed by atoms with Gasteiger partial charge in [-0.3, -0.25) is 9.10 Å². The Labute approximate surface area is 179 Å². The first-order valence-corrected chi connectivity index (χ1v) is 10.6. The number of hydrogen-bond donors (Lipinski definition) is 1. The molecule has 0 atom stereocenters. The largest absolute Gasteiger partial charge is 0.495 e. The number of amides is 1. The van der Waals surface area contributed by atoms with Gasteiger partial charge in [0.25, 0.3) is 10.0 Å². The van der Waals surface area contributed by atoms with E-state index < -0.39 is 34.1 Å². The molecule has 3 aromatic carbocycles. The minimum Gasteiger partial charge on any atom is -0.495 e. The van der Waals surface area contributed by atoms with Crippen molar-refractivity contribution in [1.29, 1.82) is 0 Å². The highest BCUT2D eigenvalue weighted by molar-refractivity contribution is 7.92. The Balaban J connectivity index is 1.98. The van der Waals surface area contributed by atoms with E-state index in [1.165, 1.54) is 31.4 Å². The van der Waals surface area contributed by atoms with Gasteiger partial charge in [0.2, 0.25) is 5.91 Å². The van der Waals surface area contributed by atoms with Crippen LogP contribution in [0.15, 0.2) is 71.6 Å². The second-order valence-electron chi connectivity index (χ2n) is 6.67. The van der Waals surface area contributed by atoms with Crippen molar-refractivity contribution in [3.8, 4) is 5.75 Å². The van der Waals surface area contributed by atoms with E-state index in [4.69, 9.17) is 4.74 Å². The van der Waals surface area contributed by atoms with Crippen LogP contribution in [-0.4, -0.2) is 28.0 Å². The Bertz CT molecular complexity index is 1200. The molecule has 0 radical (unpaired) electrons. The summed E-state index contributed by atoms with van der Waals surface area (Å²) in [7, 11) is -2.76. The molecule has 1 N–H and O–H groups in total. The van der Waals surface area contributed by atoms with Crippen molar-refractivity contribution < 1.29 is 26.7 Å². The molecule has 0 spiro atoms. The molecule has 0 saturated heterocycles. The minimum atomic E-state index is -4.15. The lowest BCUT2D eigenvalue weighted by atomic mass is 10.2. The number of sulfonamides is 1. The maximum atomic E-state index is 13.4. The predicted octanol–water partition coefficient (Wildman–Crippen LogP) is 4.12. The zero-order valence-corrected chi connectivity index (χ0v) is 17.6. The van der Waals surface area contributed by atoms with E-state index in [0.717, 1.165) is 22.0 Å². The fourth-order valence-electron chi connectivity index (χ4n) is 2.88. The third-order valence-corrected chi connectivity index (χ3v) is 6.23. The van der Waals surface area contributed by atoms with Crippen LogP contribution in [-0.2, 0) is 14.8 Å². The van der Waals surface area contributed by atoms with Crippen LogP contribution in [0.3, 0.4) is 0 Å². The minimum absolute atomic E-state index is 0.00314. The number of carbonyl (C=O) groups is 1. The number of rotatable bonds is 7. The van der Waals surface area contributed by atoms with E-state index in [9.17, 15) is 22.0 Å². The Morgan fingerprint density at radius 1 is 1.00 bits per heavy atom. The van der Waals surface area contributed by atoms with Crippen LogP contribution in [0, 0.1) is 18.6 Å². The van der Waals surface area contributed by atoms with Crippen molar-refractivity contribution in [3.05, 3.63) is 83.9 Å². The van der Waals surface area contributed by atoms with E-state index >= 15 is 0 Å². The van der Waals surface area contributed by atoms with Gasteiger partial charge in [0, 0.05) is 11.8 Å². The first kappa shape index (κ1) is 22.2. The second-order valence-corrected chi connectivity index (χ2v) is 8.54.